The van der Waals surface area contributed by atoms with Crippen molar-refractivity contribution >= 4 is 0 Å². The maximum atomic E-state index is 10.4. The molecule has 98 valence electrons. The van der Waals surface area contributed by atoms with Crippen molar-refractivity contribution in [2.24, 2.45) is 0 Å². The Labute approximate surface area is 109 Å². The molecular formula is C16H22O2. The Morgan fingerprint density at radius 1 is 1.00 bits per heavy atom. The third kappa shape index (κ3) is 2.08. The highest BCUT2D eigenvalue weighted by atomic mass is 16.3. The molecule has 18 heavy (non-hydrogen) atoms. The molecule has 1 aromatic rings. The van der Waals surface area contributed by atoms with Crippen LogP contribution < -0.4 is 0 Å². The molecule has 0 amide bonds. The third-order valence-corrected chi connectivity index (χ3v) is 4.81. The molecule has 0 heterocycles. The van der Waals surface area contributed by atoms with E-state index in [9.17, 15) is 10.2 Å². The van der Waals surface area contributed by atoms with Gasteiger partial charge < -0.3 is 10.2 Å². The van der Waals surface area contributed by atoms with Gasteiger partial charge in [-0.05, 0) is 42.7 Å². The van der Waals surface area contributed by atoms with E-state index < -0.39 is 11.7 Å². The number of hydrogen-bond acceptors (Lipinski definition) is 2. The molecule has 2 fully saturated rings. The van der Waals surface area contributed by atoms with Crippen LogP contribution >= 0.6 is 0 Å². The fourth-order valence-electron chi connectivity index (χ4n) is 3.26. The summed E-state index contributed by atoms with van der Waals surface area (Å²) < 4.78 is 0. The van der Waals surface area contributed by atoms with E-state index in [2.05, 4.69) is 12.1 Å². The second-order valence-electron chi connectivity index (χ2n) is 6.01. The summed E-state index contributed by atoms with van der Waals surface area (Å²) in [6, 6.07) is 8.24. The van der Waals surface area contributed by atoms with E-state index in [1.165, 1.54) is 24.8 Å². The molecule has 3 rings (SSSR count). The first-order valence-electron chi connectivity index (χ1n) is 7.19. The van der Waals surface area contributed by atoms with Crippen molar-refractivity contribution in [2.45, 2.75) is 62.6 Å². The number of aliphatic hydroxyl groups is 2. The van der Waals surface area contributed by atoms with Gasteiger partial charge in [0.1, 0.15) is 6.10 Å². The van der Waals surface area contributed by atoms with Crippen LogP contribution in [0.5, 0.6) is 0 Å². The van der Waals surface area contributed by atoms with Gasteiger partial charge in [0.05, 0.1) is 5.60 Å². The van der Waals surface area contributed by atoms with E-state index in [0.29, 0.717) is 0 Å². The Hall–Kier alpha value is -0.860. The summed E-state index contributed by atoms with van der Waals surface area (Å²) in [5.41, 5.74) is 1.36. The van der Waals surface area contributed by atoms with Crippen molar-refractivity contribution in [1.82, 2.24) is 0 Å². The normalized spacial score (nSPS) is 24.8. The first-order valence-corrected chi connectivity index (χ1v) is 7.19. The van der Waals surface area contributed by atoms with Gasteiger partial charge in [-0.15, -0.1) is 0 Å². The lowest BCUT2D eigenvalue weighted by molar-refractivity contribution is -0.0719. The topological polar surface area (TPSA) is 40.5 Å². The highest BCUT2D eigenvalue weighted by molar-refractivity contribution is 5.29. The molecule has 2 nitrogen and oxygen atoms in total. The number of rotatable bonds is 3. The van der Waals surface area contributed by atoms with Crippen molar-refractivity contribution in [3.8, 4) is 0 Å². The SMILES string of the molecule is OC(c1ccc(C2CCC2)cc1)C1(O)CCCC1. The molecule has 1 atom stereocenters. The van der Waals surface area contributed by atoms with Crippen LogP contribution in [0.4, 0.5) is 0 Å². The summed E-state index contributed by atoms with van der Waals surface area (Å²) in [5.74, 6) is 0.728. The standard InChI is InChI=1S/C16H22O2/c17-15(16(18)10-1-2-11-16)14-8-6-13(7-9-14)12-4-3-5-12/h6-9,12,15,17-18H,1-5,10-11H2. The largest absolute Gasteiger partial charge is 0.387 e. The van der Waals surface area contributed by atoms with Crippen LogP contribution in [0.1, 0.15) is 68.1 Å². The van der Waals surface area contributed by atoms with Crippen LogP contribution in [0.3, 0.4) is 0 Å². The summed E-state index contributed by atoms with van der Waals surface area (Å²) in [6.07, 6.45) is 6.70. The van der Waals surface area contributed by atoms with Gasteiger partial charge in [-0.2, -0.15) is 0 Å². The maximum Gasteiger partial charge on any atom is 0.108 e. The predicted octanol–water partition coefficient (Wildman–Crippen LogP) is 3.29. The highest BCUT2D eigenvalue weighted by Crippen LogP contribution is 2.41. The second-order valence-corrected chi connectivity index (χ2v) is 6.01. The molecule has 0 saturated heterocycles. The van der Waals surface area contributed by atoms with Gasteiger partial charge in [0.15, 0.2) is 0 Å². The minimum atomic E-state index is -0.891. The van der Waals surface area contributed by atoms with Gasteiger partial charge in [-0.3, -0.25) is 0 Å². The van der Waals surface area contributed by atoms with E-state index >= 15 is 0 Å². The van der Waals surface area contributed by atoms with Gasteiger partial charge in [0, 0.05) is 0 Å². The zero-order valence-electron chi connectivity index (χ0n) is 10.8. The summed E-state index contributed by atoms with van der Waals surface area (Å²) in [5, 5.41) is 20.7. The maximum absolute atomic E-state index is 10.4. The molecule has 0 radical (unpaired) electrons. The molecule has 1 aromatic carbocycles. The molecular weight excluding hydrogens is 224 g/mol. The van der Waals surface area contributed by atoms with Gasteiger partial charge >= 0.3 is 0 Å². The van der Waals surface area contributed by atoms with E-state index in [0.717, 1.165) is 37.2 Å². The molecule has 2 aliphatic carbocycles. The van der Waals surface area contributed by atoms with Crippen LogP contribution in [0.15, 0.2) is 24.3 Å². The molecule has 2 heteroatoms. The first-order chi connectivity index (χ1) is 8.69. The molecule has 0 spiro atoms. The zero-order valence-corrected chi connectivity index (χ0v) is 10.8. The van der Waals surface area contributed by atoms with E-state index in [1.54, 1.807) is 0 Å². The molecule has 2 aliphatic rings. The van der Waals surface area contributed by atoms with Crippen LogP contribution in [0.2, 0.25) is 0 Å². The molecule has 0 aromatic heterocycles. The molecule has 2 N–H and O–H groups in total. The van der Waals surface area contributed by atoms with Gasteiger partial charge in [-0.25, -0.2) is 0 Å². The van der Waals surface area contributed by atoms with Gasteiger partial charge in [0.25, 0.3) is 0 Å². The average Bonchev–Trinajstić information content (AvgIpc) is 2.75. The van der Waals surface area contributed by atoms with Crippen molar-refractivity contribution in [3.05, 3.63) is 35.4 Å². The Morgan fingerprint density at radius 3 is 2.11 bits per heavy atom. The lowest BCUT2D eigenvalue weighted by atomic mass is 9.79. The van der Waals surface area contributed by atoms with Crippen LogP contribution in [0, 0.1) is 0 Å². The summed E-state index contributed by atoms with van der Waals surface area (Å²) in [6.45, 7) is 0. The Kier molecular flexibility index (Phi) is 3.16. The van der Waals surface area contributed by atoms with Gasteiger partial charge in [0.2, 0.25) is 0 Å². The quantitative estimate of drug-likeness (QED) is 0.859. The van der Waals surface area contributed by atoms with Crippen LogP contribution in [0.25, 0.3) is 0 Å². The Bertz CT molecular complexity index is 400. The molecule has 2 saturated carbocycles. The van der Waals surface area contributed by atoms with Gasteiger partial charge in [-0.1, -0.05) is 43.5 Å². The third-order valence-electron chi connectivity index (χ3n) is 4.81. The average molecular weight is 246 g/mol. The van der Waals surface area contributed by atoms with Crippen molar-refractivity contribution < 1.29 is 10.2 Å². The predicted molar refractivity (Wildman–Crippen MR) is 71.4 cm³/mol. The van der Waals surface area contributed by atoms with Crippen molar-refractivity contribution in [1.29, 1.82) is 0 Å². The Morgan fingerprint density at radius 2 is 1.61 bits per heavy atom. The summed E-state index contributed by atoms with van der Waals surface area (Å²) in [4.78, 5) is 0. The van der Waals surface area contributed by atoms with Crippen molar-refractivity contribution in [3.63, 3.8) is 0 Å². The Balaban J connectivity index is 1.75. The lowest BCUT2D eigenvalue weighted by Gasteiger charge is -2.30. The second kappa shape index (κ2) is 4.67. The van der Waals surface area contributed by atoms with E-state index in [1.807, 2.05) is 12.1 Å². The zero-order chi connectivity index (χ0) is 12.6. The summed E-state index contributed by atoms with van der Waals surface area (Å²) >= 11 is 0. The number of aliphatic hydroxyl groups excluding tert-OH is 1. The molecule has 0 bridgehead atoms. The number of hydrogen-bond donors (Lipinski definition) is 2. The van der Waals surface area contributed by atoms with E-state index in [-0.39, 0.29) is 0 Å². The monoisotopic (exact) mass is 246 g/mol. The number of benzene rings is 1. The summed E-state index contributed by atoms with van der Waals surface area (Å²) in [7, 11) is 0. The minimum Gasteiger partial charge on any atom is -0.387 e. The molecule has 1 unspecified atom stereocenters. The van der Waals surface area contributed by atoms with Crippen LogP contribution in [-0.4, -0.2) is 15.8 Å². The smallest absolute Gasteiger partial charge is 0.108 e. The highest BCUT2D eigenvalue weighted by Gasteiger charge is 2.39. The van der Waals surface area contributed by atoms with Crippen molar-refractivity contribution in [2.75, 3.05) is 0 Å². The molecule has 0 aliphatic heterocycles. The fourth-order valence-corrected chi connectivity index (χ4v) is 3.26. The first kappa shape index (κ1) is 12.2. The fraction of sp³-hybridized carbons (Fsp3) is 0.625. The lowest BCUT2D eigenvalue weighted by Crippen LogP contribution is -2.32. The minimum absolute atomic E-state index is 0.721. The van der Waals surface area contributed by atoms with E-state index in [4.69, 9.17) is 0 Å². The van der Waals surface area contributed by atoms with Crippen LogP contribution in [-0.2, 0) is 0 Å².